The maximum atomic E-state index is 13.0. The zero-order valence-electron chi connectivity index (χ0n) is 14.1. The van der Waals surface area contributed by atoms with E-state index in [4.69, 9.17) is 4.42 Å². The molecule has 1 aliphatic heterocycles. The van der Waals surface area contributed by atoms with Crippen molar-refractivity contribution in [2.75, 3.05) is 6.54 Å². The summed E-state index contributed by atoms with van der Waals surface area (Å²) in [6.45, 7) is 2.81. The number of fused-ring (bicyclic) bond motifs is 2. The third kappa shape index (κ3) is 2.48. The molecule has 0 unspecified atom stereocenters. The van der Waals surface area contributed by atoms with Crippen molar-refractivity contribution in [1.82, 2.24) is 9.88 Å². The third-order valence-corrected chi connectivity index (χ3v) is 6.91. The minimum atomic E-state index is -0.0540. The molecule has 0 radical (unpaired) electrons. The van der Waals surface area contributed by atoms with Gasteiger partial charge in [-0.05, 0) is 54.6 Å². The van der Waals surface area contributed by atoms with Crippen molar-refractivity contribution in [1.29, 1.82) is 0 Å². The van der Waals surface area contributed by atoms with E-state index in [2.05, 4.69) is 23.4 Å². The van der Waals surface area contributed by atoms with Gasteiger partial charge in [-0.25, -0.2) is 4.98 Å². The topological polar surface area (TPSA) is 46.3 Å². The number of hydrogen-bond acceptors (Lipinski definition) is 5. The molecular weight excluding hydrogens is 364 g/mol. The molecule has 0 N–H and O–H groups in total. The summed E-state index contributed by atoms with van der Waals surface area (Å²) in [6.07, 6.45) is 0.911. The lowest BCUT2D eigenvalue weighted by Crippen LogP contribution is -2.38. The Bertz CT molecular complexity index is 1070. The fourth-order valence-corrected chi connectivity index (χ4v) is 5.36. The second kappa shape index (κ2) is 6.07. The highest BCUT2D eigenvalue weighted by atomic mass is 32.1. The number of nitrogens with zero attached hydrogens (tertiary/aromatic N) is 2. The summed E-state index contributed by atoms with van der Waals surface area (Å²) in [7, 11) is 0. The average molecular weight is 380 g/mol. The van der Waals surface area contributed by atoms with Gasteiger partial charge in [-0.1, -0.05) is 12.1 Å². The van der Waals surface area contributed by atoms with Crippen LogP contribution in [0.15, 0.2) is 52.3 Å². The Hall–Kier alpha value is -2.44. The van der Waals surface area contributed by atoms with Crippen LogP contribution in [0.4, 0.5) is 0 Å². The van der Waals surface area contributed by atoms with E-state index in [1.54, 1.807) is 28.7 Å². The highest BCUT2D eigenvalue weighted by Crippen LogP contribution is 2.35. The highest BCUT2D eigenvalue weighted by Gasteiger charge is 2.30. The summed E-state index contributed by atoms with van der Waals surface area (Å²) in [5, 5.41) is 2.91. The first-order chi connectivity index (χ1) is 12.7. The van der Waals surface area contributed by atoms with Crippen LogP contribution in [-0.4, -0.2) is 22.3 Å². The van der Waals surface area contributed by atoms with Crippen LogP contribution in [0.1, 0.15) is 34.0 Å². The zero-order valence-corrected chi connectivity index (χ0v) is 15.8. The fraction of sp³-hybridized carbons (Fsp3) is 0.200. The predicted molar refractivity (Wildman–Crippen MR) is 105 cm³/mol. The smallest absolute Gasteiger partial charge is 0.290 e. The zero-order chi connectivity index (χ0) is 17.7. The number of para-hydroxylation sites is 1. The number of furan rings is 1. The van der Waals surface area contributed by atoms with E-state index >= 15 is 0 Å². The Morgan fingerprint density at radius 2 is 2.12 bits per heavy atom. The lowest BCUT2D eigenvalue weighted by atomic mass is 10.0. The molecule has 0 fully saturated rings. The molecule has 1 amide bonds. The first kappa shape index (κ1) is 15.8. The van der Waals surface area contributed by atoms with Gasteiger partial charge in [-0.2, -0.15) is 0 Å². The standard InChI is InChI=1S/C20H16N2O2S2/c1-12-13-9-11-25-17(13)8-10-22(12)20(23)16-7-6-15(24-16)19-21-14-4-2-3-5-18(14)26-19/h2-7,9,11-12H,8,10H2,1H3/t12-/m1/s1. The van der Waals surface area contributed by atoms with E-state index in [1.165, 1.54) is 10.4 Å². The number of hydrogen-bond donors (Lipinski definition) is 0. The van der Waals surface area contributed by atoms with Crippen molar-refractivity contribution >= 4 is 38.8 Å². The summed E-state index contributed by atoms with van der Waals surface area (Å²) in [5.74, 6) is 0.974. The van der Waals surface area contributed by atoms with Gasteiger partial charge >= 0.3 is 0 Å². The van der Waals surface area contributed by atoms with Crippen LogP contribution in [-0.2, 0) is 6.42 Å². The number of rotatable bonds is 2. The van der Waals surface area contributed by atoms with E-state index in [9.17, 15) is 4.79 Å². The minimum absolute atomic E-state index is 0.0540. The van der Waals surface area contributed by atoms with Crippen LogP contribution in [0.25, 0.3) is 21.0 Å². The van der Waals surface area contributed by atoms with Crippen LogP contribution in [0.5, 0.6) is 0 Å². The fourth-order valence-electron chi connectivity index (χ4n) is 3.47. The van der Waals surface area contributed by atoms with Crippen LogP contribution in [0.2, 0.25) is 0 Å². The second-order valence-corrected chi connectivity index (χ2v) is 8.41. The molecule has 0 bridgehead atoms. The summed E-state index contributed by atoms with van der Waals surface area (Å²) < 4.78 is 7.00. The van der Waals surface area contributed by atoms with E-state index < -0.39 is 0 Å². The van der Waals surface area contributed by atoms with Gasteiger partial charge in [0.1, 0.15) is 0 Å². The van der Waals surface area contributed by atoms with E-state index in [1.807, 2.05) is 35.2 Å². The normalized spacial score (nSPS) is 16.8. The van der Waals surface area contributed by atoms with Crippen LogP contribution < -0.4 is 0 Å². The van der Waals surface area contributed by atoms with Crippen molar-refractivity contribution in [3.05, 3.63) is 64.0 Å². The van der Waals surface area contributed by atoms with Gasteiger partial charge in [0.2, 0.25) is 0 Å². The van der Waals surface area contributed by atoms with E-state index in [-0.39, 0.29) is 11.9 Å². The number of carbonyl (C=O) groups is 1. The van der Waals surface area contributed by atoms with Crippen LogP contribution in [0, 0.1) is 0 Å². The van der Waals surface area contributed by atoms with Crippen molar-refractivity contribution < 1.29 is 9.21 Å². The summed E-state index contributed by atoms with van der Waals surface area (Å²) in [6, 6.07) is 13.8. The summed E-state index contributed by atoms with van der Waals surface area (Å²) >= 11 is 3.35. The molecule has 3 aromatic heterocycles. The van der Waals surface area contributed by atoms with Gasteiger partial charge in [0.05, 0.1) is 16.3 Å². The molecular formula is C20H16N2O2S2. The van der Waals surface area contributed by atoms with Crippen molar-refractivity contribution in [3.63, 3.8) is 0 Å². The van der Waals surface area contributed by atoms with E-state index in [0.717, 1.165) is 28.2 Å². The molecule has 0 saturated carbocycles. The predicted octanol–water partition coefficient (Wildman–Crippen LogP) is 5.38. The molecule has 0 spiro atoms. The molecule has 6 heteroatoms. The van der Waals surface area contributed by atoms with Crippen molar-refractivity contribution in [3.8, 4) is 10.8 Å². The first-order valence-corrected chi connectivity index (χ1v) is 10.2. The number of thiophene rings is 1. The maximum absolute atomic E-state index is 13.0. The van der Waals surface area contributed by atoms with Gasteiger partial charge < -0.3 is 9.32 Å². The monoisotopic (exact) mass is 380 g/mol. The first-order valence-electron chi connectivity index (χ1n) is 8.54. The van der Waals surface area contributed by atoms with Crippen molar-refractivity contribution in [2.45, 2.75) is 19.4 Å². The average Bonchev–Trinajstić information content (AvgIpc) is 3.39. The van der Waals surface area contributed by atoms with Crippen LogP contribution in [0.3, 0.4) is 0 Å². The van der Waals surface area contributed by atoms with Gasteiger partial charge in [-0.3, -0.25) is 4.79 Å². The van der Waals surface area contributed by atoms with Gasteiger partial charge in [-0.15, -0.1) is 22.7 Å². The highest BCUT2D eigenvalue weighted by molar-refractivity contribution is 7.21. The quantitative estimate of drug-likeness (QED) is 0.469. The SMILES string of the molecule is C[C@@H]1c2ccsc2CCN1C(=O)c1ccc(-c2nc3ccccc3s2)o1. The molecule has 4 nitrogen and oxygen atoms in total. The summed E-state index contributed by atoms with van der Waals surface area (Å²) in [4.78, 5) is 20.9. The van der Waals surface area contributed by atoms with Gasteiger partial charge in [0.25, 0.3) is 5.91 Å². The molecule has 0 aliphatic carbocycles. The van der Waals surface area contributed by atoms with Gasteiger partial charge in [0.15, 0.2) is 16.5 Å². The number of carbonyl (C=O) groups excluding carboxylic acids is 1. The van der Waals surface area contributed by atoms with Crippen LogP contribution >= 0.6 is 22.7 Å². The Balaban J connectivity index is 1.44. The second-order valence-electron chi connectivity index (χ2n) is 6.37. The minimum Gasteiger partial charge on any atom is -0.448 e. The molecule has 0 saturated heterocycles. The molecule has 1 atom stereocenters. The molecule has 5 rings (SSSR count). The Morgan fingerprint density at radius 3 is 3.00 bits per heavy atom. The number of aromatic nitrogens is 1. The molecule has 1 aliphatic rings. The maximum Gasteiger partial charge on any atom is 0.290 e. The molecule has 1 aromatic carbocycles. The largest absolute Gasteiger partial charge is 0.448 e. The Morgan fingerprint density at radius 1 is 1.23 bits per heavy atom. The lowest BCUT2D eigenvalue weighted by Gasteiger charge is -2.33. The van der Waals surface area contributed by atoms with E-state index in [0.29, 0.717) is 11.5 Å². The van der Waals surface area contributed by atoms with Gasteiger partial charge in [0, 0.05) is 11.4 Å². The molecule has 130 valence electrons. The number of thiazole rings is 1. The third-order valence-electron chi connectivity index (χ3n) is 4.86. The van der Waals surface area contributed by atoms with Crippen molar-refractivity contribution in [2.24, 2.45) is 0 Å². The lowest BCUT2D eigenvalue weighted by molar-refractivity contribution is 0.0647. The summed E-state index contributed by atoms with van der Waals surface area (Å²) in [5.41, 5.74) is 2.21. The number of amides is 1. The Kier molecular flexibility index (Phi) is 3.69. The molecule has 4 aromatic rings. The number of benzene rings is 1. The molecule has 4 heterocycles. The Labute approximate surface area is 158 Å². The molecule has 26 heavy (non-hydrogen) atoms.